The molecule has 1 aromatic carbocycles. The van der Waals surface area contributed by atoms with Crippen molar-refractivity contribution in [3.63, 3.8) is 0 Å². The molecule has 0 unspecified atom stereocenters. The first-order valence-electron chi connectivity index (χ1n) is 3.95. The lowest BCUT2D eigenvalue weighted by Gasteiger charge is -2.33. The van der Waals surface area contributed by atoms with Crippen molar-refractivity contribution in [2.45, 2.75) is 6.42 Å². The van der Waals surface area contributed by atoms with Gasteiger partial charge in [0.1, 0.15) is 0 Å². The van der Waals surface area contributed by atoms with E-state index in [1.807, 2.05) is 24.3 Å². The SMILES string of the molecule is C=C1CC(=O)N1c1ccc(Br)cc1. The van der Waals surface area contributed by atoms with Gasteiger partial charge in [0, 0.05) is 15.9 Å². The first-order chi connectivity index (χ1) is 6.18. The van der Waals surface area contributed by atoms with Gasteiger partial charge in [-0.1, -0.05) is 22.5 Å². The van der Waals surface area contributed by atoms with Gasteiger partial charge in [0.25, 0.3) is 0 Å². The molecule has 0 atom stereocenters. The van der Waals surface area contributed by atoms with Crippen LogP contribution in [0.25, 0.3) is 0 Å². The summed E-state index contributed by atoms with van der Waals surface area (Å²) >= 11 is 3.34. The van der Waals surface area contributed by atoms with Gasteiger partial charge in [-0.3, -0.25) is 9.69 Å². The topological polar surface area (TPSA) is 20.3 Å². The molecule has 0 radical (unpaired) electrons. The van der Waals surface area contributed by atoms with Crippen LogP contribution < -0.4 is 4.90 Å². The van der Waals surface area contributed by atoms with Gasteiger partial charge in [-0.15, -0.1) is 0 Å². The highest BCUT2D eigenvalue weighted by atomic mass is 79.9. The third-order valence-electron chi connectivity index (χ3n) is 2.01. The second-order valence-corrected chi connectivity index (χ2v) is 3.86. The summed E-state index contributed by atoms with van der Waals surface area (Å²) in [6, 6.07) is 7.61. The van der Waals surface area contributed by atoms with E-state index in [4.69, 9.17) is 0 Å². The number of benzene rings is 1. The lowest BCUT2D eigenvalue weighted by molar-refractivity contribution is -0.120. The molecule has 1 fully saturated rings. The number of rotatable bonds is 1. The molecule has 2 nitrogen and oxygen atoms in total. The number of amides is 1. The zero-order valence-electron chi connectivity index (χ0n) is 6.96. The molecule has 0 bridgehead atoms. The first kappa shape index (κ1) is 8.51. The van der Waals surface area contributed by atoms with Crippen molar-refractivity contribution in [2.24, 2.45) is 0 Å². The Morgan fingerprint density at radius 3 is 2.38 bits per heavy atom. The number of nitrogens with zero attached hydrogens (tertiary/aromatic N) is 1. The molecular weight excluding hydrogens is 230 g/mol. The highest BCUT2D eigenvalue weighted by Gasteiger charge is 2.29. The van der Waals surface area contributed by atoms with Crippen molar-refractivity contribution >= 4 is 27.5 Å². The first-order valence-corrected chi connectivity index (χ1v) is 4.74. The highest BCUT2D eigenvalue weighted by Crippen LogP contribution is 2.30. The quantitative estimate of drug-likeness (QED) is 0.689. The Balaban J connectivity index is 2.30. The smallest absolute Gasteiger partial charge is 0.237 e. The molecule has 0 saturated carbocycles. The zero-order valence-corrected chi connectivity index (χ0v) is 8.54. The largest absolute Gasteiger partial charge is 0.285 e. The third-order valence-corrected chi connectivity index (χ3v) is 2.53. The molecule has 3 heteroatoms. The summed E-state index contributed by atoms with van der Waals surface area (Å²) < 4.78 is 1.01. The average Bonchev–Trinajstić information content (AvgIpc) is 2.09. The lowest BCUT2D eigenvalue weighted by atomic mass is 10.1. The minimum Gasteiger partial charge on any atom is -0.285 e. The van der Waals surface area contributed by atoms with E-state index in [0.717, 1.165) is 15.9 Å². The predicted octanol–water partition coefficient (Wildman–Crippen LogP) is 2.70. The van der Waals surface area contributed by atoms with Crippen LogP contribution in [-0.2, 0) is 4.79 Å². The van der Waals surface area contributed by atoms with Gasteiger partial charge in [0.15, 0.2) is 0 Å². The monoisotopic (exact) mass is 237 g/mol. The van der Waals surface area contributed by atoms with Crippen LogP contribution >= 0.6 is 15.9 Å². The summed E-state index contributed by atoms with van der Waals surface area (Å²) in [5.41, 5.74) is 1.76. The number of halogens is 1. The van der Waals surface area contributed by atoms with Gasteiger partial charge in [-0.2, -0.15) is 0 Å². The van der Waals surface area contributed by atoms with Crippen LogP contribution in [0.2, 0.25) is 0 Å². The Morgan fingerprint density at radius 2 is 1.92 bits per heavy atom. The van der Waals surface area contributed by atoms with Crippen LogP contribution in [0.15, 0.2) is 41.0 Å². The zero-order chi connectivity index (χ0) is 9.42. The molecule has 0 N–H and O–H groups in total. The van der Waals surface area contributed by atoms with Crippen LogP contribution in [0.4, 0.5) is 5.69 Å². The van der Waals surface area contributed by atoms with E-state index in [9.17, 15) is 4.79 Å². The molecule has 1 aliphatic rings. The van der Waals surface area contributed by atoms with Crippen LogP contribution in [0, 0.1) is 0 Å². The van der Waals surface area contributed by atoms with E-state index in [2.05, 4.69) is 22.5 Å². The number of hydrogen-bond acceptors (Lipinski definition) is 1. The lowest BCUT2D eigenvalue weighted by Crippen LogP contribution is -2.40. The van der Waals surface area contributed by atoms with Gasteiger partial charge in [-0.05, 0) is 24.3 Å². The van der Waals surface area contributed by atoms with Crippen molar-refractivity contribution in [3.8, 4) is 0 Å². The summed E-state index contributed by atoms with van der Waals surface area (Å²) in [6.07, 6.45) is 0.482. The predicted molar refractivity (Wildman–Crippen MR) is 55.4 cm³/mol. The van der Waals surface area contributed by atoms with E-state index in [1.165, 1.54) is 0 Å². The van der Waals surface area contributed by atoms with E-state index in [1.54, 1.807) is 4.90 Å². The summed E-state index contributed by atoms with van der Waals surface area (Å²) in [6.45, 7) is 3.78. The minimum absolute atomic E-state index is 0.118. The summed E-state index contributed by atoms with van der Waals surface area (Å²) in [5, 5.41) is 0. The number of carbonyl (C=O) groups is 1. The van der Waals surface area contributed by atoms with Crippen molar-refractivity contribution in [3.05, 3.63) is 41.0 Å². The normalized spacial score (nSPS) is 15.9. The number of carbonyl (C=O) groups excluding carboxylic acids is 1. The Hall–Kier alpha value is -1.09. The number of anilines is 1. The van der Waals surface area contributed by atoms with Gasteiger partial charge < -0.3 is 0 Å². The Kier molecular flexibility index (Phi) is 1.96. The van der Waals surface area contributed by atoms with Gasteiger partial charge in [0.2, 0.25) is 5.91 Å². The highest BCUT2D eigenvalue weighted by molar-refractivity contribution is 9.10. The molecule has 0 spiro atoms. The fraction of sp³-hybridized carbons (Fsp3) is 0.100. The molecule has 1 aliphatic heterocycles. The summed E-state index contributed by atoms with van der Waals surface area (Å²) in [7, 11) is 0. The molecular formula is C10H8BrNO. The van der Waals surface area contributed by atoms with E-state index < -0.39 is 0 Å². The summed E-state index contributed by atoms with van der Waals surface area (Å²) in [4.78, 5) is 12.8. The van der Waals surface area contributed by atoms with E-state index in [-0.39, 0.29) is 5.91 Å². The van der Waals surface area contributed by atoms with Crippen molar-refractivity contribution in [1.82, 2.24) is 0 Å². The second kappa shape index (κ2) is 3.00. The standard InChI is InChI=1S/C10H8BrNO/c1-7-6-10(13)12(7)9-4-2-8(11)3-5-9/h2-5H,1,6H2. The third kappa shape index (κ3) is 1.40. The van der Waals surface area contributed by atoms with Gasteiger partial charge in [-0.25, -0.2) is 0 Å². The molecule has 1 aromatic rings. The minimum atomic E-state index is 0.118. The molecule has 1 saturated heterocycles. The van der Waals surface area contributed by atoms with Crippen molar-refractivity contribution < 1.29 is 4.79 Å². The van der Waals surface area contributed by atoms with E-state index >= 15 is 0 Å². The van der Waals surface area contributed by atoms with E-state index in [0.29, 0.717) is 6.42 Å². The molecule has 1 heterocycles. The Morgan fingerprint density at radius 1 is 1.31 bits per heavy atom. The molecule has 1 amide bonds. The molecule has 66 valence electrons. The van der Waals surface area contributed by atoms with Crippen molar-refractivity contribution in [1.29, 1.82) is 0 Å². The number of hydrogen-bond donors (Lipinski definition) is 0. The molecule has 2 rings (SSSR count). The maximum absolute atomic E-state index is 11.2. The maximum Gasteiger partial charge on any atom is 0.237 e. The molecule has 13 heavy (non-hydrogen) atoms. The number of β-lactam (4-membered cyclic amide) rings is 1. The van der Waals surface area contributed by atoms with Crippen LogP contribution in [0.1, 0.15) is 6.42 Å². The Bertz CT molecular complexity index is 355. The van der Waals surface area contributed by atoms with Crippen molar-refractivity contribution in [2.75, 3.05) is 4.90 Å². The van der Waals surface area contributed by atoms with Crippen LogP contribution in [0.5, 0.6) is 0 Å². The maximum atomic E-state index is 11.2. The van der Waals surface area contributed by atoms with Crippen LogP contribution in [0.3, 0.4) is 0 Å². The average molecular weight is 238 g/mol. The van der Waals surface area contributed by atoms with Crippen LogP contribution in [-0.4, -0.2) is 5.91 Å². The fourth-order valence-corrected chi connectivity index (χ4v) is 1.60. The summed E-state index contributed by atoms with van der Waals surface area (Å²) in [5.74, 6) is 0.118. The Labute approximate surface area is 85.0 Å². The molecule has 0 aromatic heterocycles. The second-order valence-electron chi connectivity index (χ2n) is 2.95. The fourth-order valence-electron chi connectivity index (χ4n) is 1.33. The molecule has 0 aliphatic carbocycles. The van der Waals surface area contributed by atoms with Gasteiger partial charge in [0.05, 0.1) is 6.42 Å². The van der Waals surface area contributed by atoms with Gasteiger partial charge >= 0.3 is 0 Å².